The Morgan fingerprint density at radius 2 is 2.00 bits per heavy atom. The zero-order valence-corrected chi connectivity index (χ0v) is 11.7. The van der Waals surface area contributed by atoms with Crippen molar-refractivity contribution in [3.63, 3.8) is 0 Å². The highest BCUT2D eigenvalue weighted by Crippen LogP contribution is 2.64. The predicted molar refractivity (Wildman–Crippen MR) is 78.6 cm³/mol. The van der Waals surface area contributed by atoms with Crippen molar-refractivity contribution in [1.29, 1.82) is 0 Å². The number of hydrogen-bond acceptors (Lipinski definition) is 2. The Kier molecular flexibility index (Phi) is 2.61. The number of amides is 1. The van der Waals surface area contributed by atoms with E-state index < -0.39 is 12.1 Å². The number of rotatable bonds is 3. The number of alkyl halides is 1. The number of halogens is 1. The van der Waals surface area contributed by atoms with Crippen LogP contribution in [0.4, 0.5) is 10.1 Å². The highest BCUT2D eigenvalue weighted by molar-refractivity contribution is 5.98. The van der Waals surface area contributed by atoms with E-state index in [0.717, 1.165) is 5.39 Å². The summed E-state index contributed by atoms with van der Waals surface area (Å²) in [6, 6.07) is 6.73. The maximum atomic E-state index is 13.1. The van der Waals surface area contributed by atoms with Gasteiger partial charge in [0.2, 0.25) is 5.91 Å². The number of aromatic amines is 1. The summed E-state index contributed by atoms with van der Waals surface area (Å²) in [5, 5.41) is 12.5. The topological polar surface area (TPSA) is 82.2 Å². The lowest BCUT2D eigenvalue weighted by Crippen LogP contribution is -2.36. The highest BCUT2D eigenvalue weighted by Gasteiger charge is 2.63. The number of carbonyl (C=O) groups excluding carboxylic acids is 1. The quantitative estimate of drug-likeness (QED) is 0.815. The van der Waals surface area contributed by atoms with Gasteiger partial charge in [0, 0.05) is 27.9 Å². The van der Waals surface area contributed by atoms with Crippen LogP contribution in [0, 0.1) is 11.3 Å². The van der Waals surface area contributed by atoms with Crippen molar-refractivity contribution < 1.29 is 19.1 Å². The van der Waals surface area contributed by atoms with Gasteiger partial charge in [-0.3, -0.25) is 4.79 Å². The maximum Gasteiger partial charge on any atom is 0.352 e. The SMILES string of the molecule is O=C(O)c1cc2cc(NC(=O)C3CC4(C3)CC4F)ccc2[nH]1. The van der Waals surface area contributed by atoms with Crippen molar-refractivity contribution in [2.24, 2.45) is 11.3 Å². The van der Waals surface area contributed by atoms with Crippen LogP contribution < -0.4 is 5.32 Å². The molecule has 1 heterocycles. The van der Waals surface area contributed by atoms with E-state index in [9.17, 15) is 14.0 Å². The Bertz CT molecular complexity index is 792. The molecule has 2 aromatic rings. The number of carboxylic acids is 1. The fourth-order valence-electron chi connectivity index (χ4n) is 3.40. The predicted octanol–water partition coefficient (Wildman–Crippen LogP) is 2.94. The smallest absolute Gasteiger partial charge is 0.352 e. The number of carbonyl (C=O) groups is 2. The zero-order chi connectivity index (χ0) is 15.5. The van der Waals surface area contributed by atoms with Crippen LogP contribution in [0.2, 0.25) is 0 Å². The van der Waals surface area contributed by atoms with Gasteiger partial charge in [0.1, 0.15) is 11.9 Å². The first kappa shape index (κ1) is 13.3. The molecule has 1 aromatic carbocycles. The van der Waals surface area contributed by atoms with E-state index in [-0.39, 0.29) is 22.9 Å². The van der Waals surface area contributed by atoms with E-state index in [2.05, 4.69) is 10.3 Å². The van der Waals surface area contributed by atoms with Crippen LogP contribution in [0.3, 0.4) is 0 Å². The third-order valence-corrected chi connectivity index (χ3v) is 4.89. The van der Waals surface area contributed by atoms with E-state index in [4.69, 9.17) is 5.11 Å². The number of aromatic carboxylic acids is 1. The number of nitrogens with one attached hydrogen (secondary N) is 2. The summed E-state index contributed by atoms with van der Waals surface area (Å²) in [6.07, 6.45) is 1.15. The minimum Gasteiger partial charge on any atom is -0.477 e. The molecule has 22 heavy (non-hydrogen) atoms. The van der Waals surface area contributed by atoms with Crippen molar-refractivity contribution in [3.8, 4) is 0 Å². The molecular weight excluding hydrogens is 287 g/mol. The van der Waals surface area contributed by atoms with E-state index >= 15 is 0 Å². The maximum absolute atomic E-state index is 13.1. The number of benzene rings is 1. The molecule has 0 bridgehead atoms. The second-order valence-corrected chi connectivity index (χ2v) is 6.42. The van der Waals surface area contributed by atoms with E-state index in [1.54, 1.807) is 18.2 Å². The molecule has 1 spiro atoms. The van der Waals surface area contributed by atoms with Gasteiger partial charge in [-0.15, -0.1) is 0 Å². The van der Waals surface area contributed by atoms with Crippen LogP contribution in [0.1, 0.15) is 29.8 Å². The summed E-state index contributed by atoms with van der Waals surface area (Å²) in [5.41, 5.74) is 1.25. The van der Waals surface area contributed by atoms with Crippen LogP contribution in [-0.4, -0.2) is 28.1 Å². The van der Waals surface area contributed by atoms with Gasteiger partial charge in [0.15, 0.2) is 0 Å². The number of H-pyrrole nitrogens is 1. The number of carboxylic acid groups (broad SMARTS) is 1. The Morgan fingerprint density at radius 1 is 1.27 bits per heavy atom. The van der Waals surface area contributed by atoms with Crippen LogP contribution >= 0.6 is 0 Å². The summed E-state index contributed by atoms with van der Waals surface area (Å²) < 4.78 is 13.1. The van der Waals surface area contributed by atoms with Gasteiger partial charge in [0.05, 0.1) is 0 Å². The van der Waals surface area contributed by atoms with Crippen molar-refractivity contribution in [2.75, 3.05) is 5.32 Å². The standard InChI is InChI=1S/C16H15FN2O3/c17-13-7-16(13)5-9(6-16)14(20)18-10-1-2-11-8(3-10)4-12(19-11)15(21)22/h1-4,9,13,19H,5-7H2,(H,18,20)(H,21,22). The molecule has 5 nitrogen and oxygen atoms in total. The van der Waals surface area contributed by atoms with Crippen molar-refractivity contribution in [1.82, 2.24) is 4.98 Å². The van der Waals surface area contributed by atoms with Gasteiger partial charge >= 0.3 is 5.97 Å². The van der Waals surface area contributed by atoms with E-state index in [1.807, 2.05) is 0 Å². The molecule has 0 aliphatic heterocycles. The third-order valence-electron chi connectivity index (χ3n) is 4.89. The molecule has 1 amide bonds. The summed E-state index contributed by atoms with van der Waals surface area (Å²) in [4.78, 5) is 25.9. The molecular formula is C16H15FN2O3. The summed E-state index contributed by atoms with van der Waals surface area (Å²) >= 11 is 0. The van der Waals surface area contributed by atoms with Crippen LogP contribution in [-0.2, 0) is 4.79 Å². The van der Waals surface area contributed by atoms with Gasteiger partial charge in [-0.1, -0.05) is 0 Å². The van der Waals surface area contributed by atoms with Gasteiger partial charge < -0.3 is 15.4 Å². The number of anilines is 1. The Hall–Kier alpha value is -2.37. The molecule has 1 unspecified atom stereocenters. The monoisotopic (exact) mass is 302 g/mol. The molecule has 114 valence electrons. The van der Waals surface area contributed by atoms with Gasteiger partial charge in [0.25, 0.3) is 0 Å². The summed E-state index contributed by atoms with van der Waals surface area (Å²) in [7, 11) is 0. The van der Waals surface area contributed by atoms with Gasteiger partial charge in [-0.2, -0.15) is 0 Å². The minimum absolute atomic E-state index is 0.0851. The second kappa shape index (κ2) is 4.32. The molecule has 3 N–H and O–H groups in total. The largest absolute Gasteiger partial charge is 0.477 e. The normalized spacial score (nSPS) is 29.3. The lowest BCUT2D eigenvalue weighted by atomic mass is 9.71. The average molecular weight is 302 g/mol. The Morgan fingerprint density at radius 3 is 2.64 bits per heavy atom. The lowest BCUT2D eigenvalue weighted by Gasteiger charge is -2.34. The average Bonchev–Trinajstić information content (AvgIpc) is 2.92. The zero-order valence-electron chi connectivity index (χ0n) is 11.7. The van der Waals surface area contributed by atoms with Crippen molar-refractivity contribution >= 4 is 28.5 Å². The fourth-order valence-corrected chi connectivity index (χ4v) is 3.40. The molecule has 0 radical (unpaired) electrons. The first-order chi connectivity index (χ1) is 10.5. The Labute approximate surface area is 125 Å². The van der Waals surface area contributed by atoms with E-state index in [0.29, 0.717) is 30.5 Å². The van der Waals surface area contributed by atoms with Crippen molar-refractivity contribution in [3.05, 3.63) is 30.0 Å². The summed E-state index contributed by atoms with van der Waals surface area (Å²) in [6.45, 7) is 0. The molecule has 1 atom stereocenters. The van der Waals surface area contributed by atoms with E-state index in [1.165, 1.54) is 6.07 Å². The number of fused-ring (bicyclic) bond motifs is 1. The number of hydrogen-bond donors (Lipinski definition) is 3. The van der Waals surface area contributed by atoms with Crippen LogP contribution in [0.15, 0.2) is 24.3 Å². The highest BCUT2D eigenvalue weighted by atomic mass is 19.1. The minimum atomic E-state index is -1.02. The molecule has 2 fully saturated rings. The van der Waals surface area contributed by atoms with Crippen LogP contribution in [0.25, 0.3) is 10.9 Å². The molecule has 4 rings (SSSR count). The molecule has 2 saturated carbocycles. The molecule has 6 heteroatoms. The van der Waals surface area contributed by atoms with Crippen LogP contribution in [0.5, 0.6) is 0 Å². The first-order valence-corrected chi connectivity index (χ1v) is 7.28. The van der Waals surface area contributed by atoms with Crippen molar-refractivity contribution in [2.45, 2.75) is 25.4 Å². The second-order valence-electron chi connectivity index (χ2n) is 6.42. The summed E-state index contributed by atoms with van der Waals surface area (Å²) in [5.74, 6) is -1.22. The Balaban J connectivity index is 1.47. The fraction of sp³-hybridized carbons (Fsp3) is 0.375. The molecule has 2 aliphatic carbocycles. The lowest BCUT2D eigenvalue weighted by molar-refractivity contribution is -0.124. The molecule has 2 aliphatic rings. The van der Waals surface area contributed by atoms with Gasteiger partial charge in [-0.25, -0.2) is 9.18 Å². The third kappa shape index (κ3) is 1.98. The first-order valence-electron chi connectivity index (χ1n) is 7.28. The van der Waals surface area contributed by atoms with Gasteiger partial charge in [-0.05, 0) is 43.5 Å². The molecule has 1 aromatic heterocycles. The molecule has 0 saturated heterocycles. The number of aromatic nitrogens is 1.